The maximum absolute atomic E-state index is 13.3. The topological polar surface area (TPSA) is 17.8 Å². The fourth-order valence-electron chi connectivity index (χ4n) is 3.10. The summed E-state index contributed by atoms with van der Waals surface area (Å²) in [6, 6.07) is 0. The number of nitrogens with zero attached hydrogens (tertiary/aromatic N) is 2. The summed E-state index contributed by atoms with van der Waals surface area (Å²) in [6.45, 7) is 2.31. The van der Waals surface area contributed by atoms with Gasteiger partial charge >= 0.3 is 0 Å². The summed E-state index contributed by atoms with van der Waals surface area (Å²) in [7, 11) is 0. The Bertz CT molecular complexity index is 646. The van der Waals surface area contributed by atoms with E-state index in [9.17, 15) is 4.39 Å². The average Bonchev–Trinajstić information content (AvgIpc) is 2.87. The lowest BCUT2D eigenvalue weighted by atomic mass is 9.97. The van der Waals surface area contributed by atoms with Crippen molar-refractivity contribution in [1.29, 1.82) is 0 Å². The van der Waals surface area contributed by atoms with Crippen molar-refractivity contribution in [3.8, 4) is 0 Å². The Morgan fingerprint density at radius 2 is 2.14 bits per heavy atom. The Labute approximate surface area is 131 Å². The van der Waals surface area contributed by atoms with Gasteiger partial charge in [0.1, 0.15) is 5.83 Å². The molecule has 0 radical (unpaired) electrons. The van der Waals surface area contributed by atoms with Gasteiger partial charge in [-0.1, -0.05) is 31.6 Å². The molecule has 3 heteroatoms. The van der Waals surface area contributed by atoms with Crippen LogP contribution < -0.4 is 0 Å². The van der Waals surface area contributed by atoms with Gasteiger partial charge in [-0.05, 0) is 55.4 Å². The molecule has 0 N–H and O–H groups in total. The summed E-state index contributed by atoms with van der Waals surface area (Å²) in [5.41, 5.74) is 3.51. The van der Waals surface area contributed by atoms with E-state index in [1.165, 1.54) is 24.1 Å². The maximum atomic E-state index is 13.3. The van der Waals surface area contributed by atoms with Crippen LogP contribution >= 0.6 is 0 Å². The Hall–Kier alpha value is -1.90. The molecule has 1 unspecified atom stereocenters. The first-order valence-electron chi connectivity index (χ1n) is 8.19. The summed E-state index contributed by atoms with van der Waals surface area (Å²) in [6.07, 6.45) is 19.7. The molecule has 1 heterocycles. The van der Waals surface area contributed by atoms with Gasteiger partial charge in [-0.15, -0.1) is 0 Å². The second-order valence-electron chi connectivity index (χ2n) is 6.23. The van der Waals surface area contributed by atoms with Gasteiger partial charge in [-0.2, -0.15) is 5.10 Å². The van der Waals surface area contributed by atoms with Gasteiger partial charge in [-0.3, -0.25) is 0 Å². The van der Waals surface area contributed by atoms with E-state index in [1.54, 1.807) is 6.08 Å². The number of hydrogen-bond donors (Lipinski definition) is 0. The summed E-state index contributed by atoms with van der Waals surface area (Å²) < 4.78 is 15.3. The van der Waals surface area contributed by atoms with Crippen molar-refractivity contribution in [1.82, 2.24) is 9.78 Å². The normalized spacial score (nSPS) is 27.8. The van der Waals surface area contributed by atoms with Gasteiger partial charge in [0.05, 0.1) is 17.6 Å². The van der Waals surface area contributed by atoms with Gasteiger partial charge in [0.2, 0.25) is 0 Å². The van der Waals surface area contributed by atoms with Crippen molar-refractivity contribution in [2.45, 2.75) is 45.4 Å². The SMILES string of the molecule is CC1CCC/C=C/c2c(cnn2C2=CC/C=C(/F)C/C=C\2)C1. The highest BCUT2D eigenvalue weighted by Gasteiger charge is 2.15. The van der Waals surface area contributed by atoms with E-state index in [2.05, 4.69) is 24.2 Å². The number of aromatic nitrogens is 2. The lowest BCUT2D eigenvalue weighted by Crippen LogP contribution is -2.03. The highest BCUT2D eigenvalue weighted by molar-refractivity contribution is 5.63. The van der Waals surface area contributed by atoms with Crippen LogP contribution in [0.1, 0.15) is 50.3 Å². The molecule has 0 fully saturated rings. The molecule has 0 aromatic carbocycles. The second kappa shape index (κ2) is 6.91. The van der Waals surface area contributed by atoms with E-state index in [0.29, 0.717) is 18.8 Å². The molecule has 1 aromatic rings. The van der Waals surface area contributed by atoms with Crippen LogP contribution in [0.3, 0.4) is 0 Å². The summed E-state index contributed by atoms with van der Waals surface area (Å²) >= 11 is 0. The molecule has 0 bridgehead atoms. The average molecular weight is 298 g/mol. The molecule has 0 saturated carbocycles. The van der Waals surface area contributed by atoms with Crippen LogP contribution in [0.15, 0.2) is 42.4 Å². The first-order chi connectivity index (χ1) is 10.7. The number of rotatable bonds is 1. The first-order valence-corrected chi connectivity index (χ1v) is 8.19. The second-order valence-corrected chi connectivity index (χ2v) is 6.23. The van der Waals surface area contributed by atoms with Gasteiger partial charge in [-0.25, -0.2) is 9.07 Å². The third kappa shape index (κ3) is 3.46. The molecule has 2 nitrogen and oxygen atoms in total. The summed E-state index contributed by atoms with van der Waals surface area (Å²) in [5.74, 6) is 0.628. The maximum Gasteiger partial charge on any atom is 0.100 e. The molecule has 0 saturated heterocycles. The minimum absolute atomic E-state index is 0.0625. The molecule has 22 heavy (non-hydrogen) atoms. The van der Waals surface area contributed by atoms with Gasteiger partial charge in [0.15, 0.2) is 0 Å². The molecule has 1 atom stereocenters. The first kappa shape index (κ1) is 15.0. The Morgan fingerprint density at radius 3 is 3.05 bits per heavy atom. The largest absolute Gasteiger partial charge is 0.234 e. The standard InChI is InChI=1S/C19H23FN2/c1-15-7-3-2-4-12-19-16(13-15)14-21-22(19)18-10-5-8-17(20)9-6-11-18/h4-5,9-12,14-15H,2-3,6-8,13H2,1H3/b10-5-,12-4+,17-9+,18-11?. The van der Waals surface area contributed by atoms with E-state index in [-0.39, 0.29) is 5.83 Å². The third-order valence-electron chi connectivity index (χ3n) is 4.31. The highest BCUT2D eigenvalue weighted by atomic mass is 19.1. The summed E-state index contributed by atoms with van der Waals surface area (Å²) in [4.78, 5) is 0. The minimum atomic E-state index is -0.0625. The van der Waals surface area contributed by atoms with Crippen molar-refractivity contribution in [2.24, 2.45) is 5.92 Å². The molecule has 116 valence electrons. The third-order valence-corrected chi connectivity index (χ3v) is 4.31. The molecule has 0 spiro atoms. The lowest BCUT2D eigenvalue weighted by Gasteiger charge is -2.10. The Kier molecular flexibility index (Phi) is 4.71. The van der Waals surface area contributed by atoms with Crippen LogP contribution in [0, 0.1) is 5.92 Å². The fourth-order valence-corrected chi connectivity index (χ4v) is 3.10. The van der Waals surface area contributed by atoms with E-state index in [0.717, 1.165) is 18.5 Å². The van der Waals surface area contributed by atoms with Crippen LogP contribution in [-0.2, 0) is 6.42 Å². The predicted octanol–water partition coefficient (Wildman–Crippen LogP) is 5.30. The van der Waals surface area contributed by atoms with E-state index in [4.69, 9.17) is 0 Å². The van der Waals surface area contributed by atoms with Gasteiger partial charge in [0.25, 0.3) is 0 Å². The van der Waals surface area contributed by atoms with Crippen molar-refractivity contribution in [3.05, 3.63) is 53.7 Å². The lowest BCUT2D eigenvalue weighted by molar-refractivity contribution is 0.512. The zero-order valence-corrected chi connectivity index (χ0v) is 13.1. The highest BCUT2D eigenvalue weighted by Crippen LogP contribution is 2.25. The van der Waals surface area contributed by atoms with Gasteiger partial charge in [0, 0.05) is 6.42 Å². The van der Waals surface area contributed by atoms with E-state index in [1.807, 2.05) is 29.1 Å². The number of fused-ring (bicyclic) bond motifs is 1. The quantitative estimate of drug-likeness (QED) is 0.687. The van der Waals surface area contributed by atoms with E-state index < -0.39 is 0 Å². The molecule has 2 aliphatic carbocycles. The Balaban J connectivity index is 1.96. The summed E-state index contributed by atoms with van der Waals surface area (Å²) in [5, 5.41) is 4.59. The number of allylic oxidation sites excluding steroid dienone is 7. The zero-order chi connectivity index (χ0) is 15.4. The smallest absolute Gasteiger partial charge is 0.100 e. The van der Waals surface area contributed by atoms with Crippen molar-refractivity contribution >= 4 is 11.8 Å². The molecular formula is C19H23FN2. The monoisotopic (exact) mass is 298 g/mol. The van der Waals surface area contributed by atoms with Crippen LogP contribution in [0.25, 0.3) is 11.8 Å². The van der Waals surface area contributed by atoms with Crippen molar-refractivity contribution in [3.63, 3.8) is 0 Å². The molecule has 0 amide bonds. The molecule has 2 aliphatic rings. The predicted molar refractivity (Wildman–Crippen MR) is 89.8 cm³/mol. The minimum Gasteiger partial charge on any atom is -0.234 e. The van der Waals surface area contributed by atoms with Crippen LogP contribution in [0.5, 0.6) is 0 Å². The Morgan fingerprint density at radius 1 is 1.23 bits per heavy atom. The fraction of sp³-hybridized carbons (Fsp3) is 0.421. The number of hydrogen-bond acceptors (Lipinski definition) is 1. The molecule has 3 rings (SSSR count). The van der Waals surface area contributed by atoms with Crippen molar-refractivity contribution in [2.75, 3.05) is 0 Å². The van der Waals surface area contributed by atoms with Crippen LogP contribution in [0.2, 0.25) is 0 Å². The molecular weight excluding hydrogens is 275 g/mol. The zero-order valence-electron chi connectivity index (χ0n) is 13.1. The van der Waals surface area contributed by atoms with E-state index >= 15 is 0 Å². The van der Waals surface area contributed by atoms with Gasteiger partial charge < -0.3 is 0 Å². The number of halogens is 1. The van der Waals surface area contributed by atoms with Crippen LogP contribution in [-0.4, -0.2) is 9.78 Å². The van der Waals surface area contributed by atoms with Crippen LogP contribution in [0.4, 0.5) is 4.39 Å². The van der Waals surface area contributed by atoms with Crippen molar-refractivity contribution < 1.29 is 4.39 Å². The molecule has 0 aliphatic heterocycles. The molecule has 1 aromatic heterocycles.